The van der Waals surface area contributed by atoms with Crippen LogP contribution < -0.4 is 11.3 Å². The number of halogens is 2. The zero-order valence-electron chi connectivity index (χ0n) is 6.54. The fraction of sp³-hybridized carbons (Fsp3) is 0.500. The molecule has 4 nitrogen and oxygen atoms in total. The summed E-state index contributed by atoms with van der Waals surface area (Å²) in [5.74, 6) is 5.18. The number of hydrogen-bond acceptors (Lipinski definition) is 3. The van der Waals surface area contributed by atoms with E-state index in [9.17, 15) is 8.78 Å². The van der Waals surface area contributed by atoms with E-state index in [1.54, 1.807) is 13.2 Å². The molecule has 0 saturated heterocycles. The van der Waals surface area contributed by atoms with E-state index in [2.05, 4.69) is 4.98 Å². The number of nitrogens with two attached hydrogens (primary N) is 1. The van der Waals surface area contributed by atoms with Crippen LogP contribution in [-0.2, 0) is 7.05 Å². The van der Waals surface area contributed by atoms with Crippen LogP contribution >= 0.6 is 0 Å². The minimum Gasteiger partial charge on any atom is -0.336 e. The van der Waals surface area contributed by atoms with E-state index < -0.39 is 12.5 Å². The van der Waals surface area contributed by atoms with E-state index in [1.807, 2.05) is 5.43 Å². The molecule has 3 N–H and O–H groups in total. The summed E-state index contributed by atoms with van der Waals surface area (Å²) in [6, 6.07) is -1.20. The van der Waals surface area contributed by atoms with Crippen molar-refractivity contribution in [1.29, 1.82) is 0 Å². The largest absolute Gasteiger partial charge is 0.336 e. The number of nitrogens with one attached hydrogen (secondary N) is 1. The fourth-order valence-electron chi connectivity index (χ4n) is 0.937. The van der Waals surface area contributed by atoms with Gasteiger partial charge in [0.15, 0.2) is 0 Å². The number of aryl methyl sites for hydroxylation is 1. The standard InChI is InChI=1S/C6H10F2N4/c1-12-3-2-10-6(12)4(11-9)5(7)8/h2-5,11H,9H2,1H3. The molecule has 0 bridgehead atoms. The molecule has 0 amide bonds. The van der Waals surface area contributed by atoms with Gasteiger partial charge in [0.05, 0.1) is 0 Å². The van der Waals surface area contributed by atoms with Gasteiger partial charge < -0.3 is 4.57 Å². The van der Waals surface area contributed by atoms with Gasteiger partial charge in [-0.05, 0) is 0 Å². The van der Waals surface area contributed by atoms with E-state index in [4.69, 9.17) is 5.84 Å². The molecule has 0 saturated carbocycles. The Morgan fingerprint density at radius 1 is 1.67 bits per heavy atom. The van der Waals surface area contributed by atoms with Gasteiger partial charge in [-0.3, -0.25) is 5.84 Å². The normalized spacial score (nSPS) is 13.8. The molecule has 0 aliphatic carbocycles. The van der Waals surface area contributed by atoms with Crippen LogP contribution in [0.15, 0.2) is 12.4 Å². The van der Waals surface area contributed by atoms with Gasteiger partial charge in [-0.1, -0.05) is 0 Å². The van der Waals surface area contributed by atoms with Crippen molar-refractivity contribution >= 4 is 0 Å². The van der Waals surface area contributed by atoms with Crippen molar-refractivity contribution in [3.63, 3.8) is 0 Å². The van der Waals surface area contributed by atoms with Crippen LogP contribution in [0.25, 0.3) is 0 Å². The summed E-state index contributed by atoms with van der Waals surface area (Å²) in [5, 5.41) is 0. The maximum Gasteiger partial charge on any atom is 0.262 e. The van der Waals surface area contributed by atoms with Gasteiger partial charge in [0.1, 0.15) is 11.9 Å². The zero-order chi connectivity index (χ0) is 9.14. The SMILES string of the molecule is Cn1ccnc1C(NN)C(F)F. The molecule has 1 atom stereocenters. The second kappa shape index (κ2) is 3.59. The average molecular weight is 176 g/mol. The molecule has 1 unspecified atom stereocenters. The monoisotopic (exact) mass is 176 g/mol. The highest BCUT2D eigenvalue weighted by Crippen LogP contribution is 2.16. The second-order valence-corrected chi connectivity index (χ2v) is 2.38. The quantitative estimate of drug-likeness (QED) is 0.510. The molecule has 0 radical (unpaired) electrons. The lowest BCUT2D eigenvalue weighted by atomic mass is 10.3. The number of rotatable bonds is 3. The molecule has 0 fully saturated rings. The number of hydrogen-bond donors (Lipinski definition) is 2. The molecule has 0 aliphatic heterocycles. The van der Waals surface area contributed by atoms with Crippen molar-refractivity contribution in [3.8, 4) is 0 Å². The lowest BCUT2D eigenvalue weighted by Gasteiger charge is -2.13. The van der Waals surface area contributed by atoms with Crippen molar-refractivity contribution in [1.82, 2.24) is 15.0 Å². The third-order valence-corrected chi connectivity index (χ3v) is 1.57. The highest BCUT2D eigenvalue weighted by Gasteiger charge is 2.24. The predicted octanol–water partition coefficient (Wildman–Crippen LogP) is 0.190. The minimum atomic E-state index is -2.56. The van der Waals surface area contributed by atoms with Crippen LogP contribution in [0.2, 0.25) is 0 Å². The number of alkyl halides is 2. The molecular weight excluding hydrogens is 166 g/mol. The molecule has 68 valence electrons. The van der Waals surface area contributed by atoms with E-state index in [0.717, 1.165) is 0 Å². The van der Waals surface area contributed by atoms with Gasteiger partial charge in [-0.15, -0.1) is 0 Å². The number of aromatic nitrogens is 2. The maximum atomic E-state index is 12.2. The first-order valence-corrected chi connectivity index (χ1v) is 3.38. The summed E-state index contributed by atoms with van der Waals surface area (Å²) in [7, 11) is 1.63. The number of nitrogens with zero attached hydrogens (tertiary/aromatic N) is 2. The lowest BCUT2D eigenvalue weighted by Crippen LogP contribution is -2.34. The first-order valence-electron chi connectivity index (χ1n) is 3.38. The highest BCUT2D eigenvalue weighted by atomic mass is 19.3. The fourth-order valence-corrected chi connectivity index (χ4v) is 0.937. The summed E-state index contributed by atoms with van der Waals surface area (Å²) >= 11 is 0. The Morgan fingerprint density at radius 2 is 2.33 bits per heavy atom. The summed E-state index contributed by atoms with van der Waals surface area (Å²) in [6.07, 6.45) is 0.473. The maximum absolute atomic E-state index is 12.2. The molecule has 0 aromatic carbocycles. The third kappa shape index (κ3) is 1.59. The molecule has 0 spiro atoms. The zero-order valence-corrected chi connectivity index (χ0v) is 6.54. The highest BCUT2D eigenvalue weighted by molar-refractivity contribution is 4.99. The Bertz CT molecular complexity index is 247. The minimum absolute atomic E-state index is 0.229. The van der Waals surface area contributed by atoms with E-state index in [-0.39, 0.29) is 5.82 Å². The van der Waals surface area contributed by atoms with Crippen LogP contribution in [0.5, 0.6) is 0 Å². The average Bonchev–Trinajstić information content (AvgIpc) is 2.38. The first-order chi connectivity index (χ1) is 5.66. The van der Waals surface area contributed by atoms with Gasteiger partial charge >= 0.3 is 0 Å². The first kappa shape index (κ1) is 9.08. The predicted molar refractivity (Wildman–Crippen MR) is 39.3 cm³/mol. The molecule has 1 rings (SSSR count). The van der Waals surface area contributed by atoms with Gasteiger partial charge in [0.2, 0.25) is 0 Å². The summed E-state index contributed by atoms with van der Waals surface area (Å²) in [4.78, 5) is 3.75. The molecule has 0 aliphatic rings. The summed E-state index contributed by atoms with van der Waals surface area (Å²) in [5.41, 5.74) is 2.01. The van der Waals surface area contributed by atoms with E-state index in [1.165, 1.54) is 10.8 Å². The lowest BCUT2D eigenvalue weighted by molar-refractivity contribution is 0.0934. The van der Waals surface area contributed by atoms with E-state index >= 15 is 0 Å². The van der Waals surface area contributed by atoms with Crippen LogP contribution in [0.4, 0.5) is 8.78 Å². The van der Waals surface area contributed by atoms with Crippen LogP contribution in [0.3, 0.4) is 0 Å². The summed E-state index contributed by atoms with van der Waals surface area (Å²) in [6.45, 7) is 0. The van der Waals surface area contributed by atoms with Crippen molar-refractivity contribution in [3.05, 3.63) is 18.2 Å². The van der Waals surface area contributed by atoms with Gasteiger partial charge in [-0.25, -0.2) is 19.2 Å². The van der Waals surface area contributed by atoms with Crippen LogP contribution in [0, 0.1) is 0 Å². The summed E-state index contributed by atoms with van der Waals surface area (Å²) < 4.78 is 26.0. The van der Waals surface area contributed by atoms with Crippen molar-refractivity contribution in [2.45, 2.75) is 12.5 Å². The molecule has 12 heavy (non-hydrogen) atoms. The second-order valence-electron chi connectivity index (χ2n) is 2.38. The third-order valence-electron chi connectivity index (χ3n) is 1.57. The number of hydrazine groups is 1. The van der Waals surface area contributed by atoms with Gasteiger partial charge in [0, 0.05) is 19.4 Å². The van der Waals surface area contributed by atoms with Crippen molar-refractivity contribution in [2.75, 3.05) is 0 Å². The Balaban J connectivity index is 2.87. The Hall–Kier alpha value is -1.01. The molecule has 1 aromatic rings. The molecule has 6 heteroatoms. The van der Waals surface area contributed by atoms with Crippen molar-refractivity contribution in [2.24, 2.45) is 12.9 Å². The van der Waals surface area contributed by atoms with Crippen molar-refractivity contribution < 1.29 is 8.78 Å². The Labute approximate surface area is 68.4 Å². The Kier molecular flexibility index (Phi) is 2.72. The molecular formula is C6H10F2N4. The van der Waals surface area contributed by atoms with Crippen LogP contribution in [-0.4, -0.2) is 16.0 Å². The van der Waals surface area contributed by atoms with Gasteiger partial charge in [-0.2, -0.15) is 0 Å². The molecule has 1 aromatic heterocycles. The smallest absolute Gasteiger partial charge is 0.262 e. The van der Waals surface area contributed by atoms with Gasteiger partial charge in [0.25, 0.3) is 6.43 Å². The number of imidazole rings is 1. The topological polar surface area (TPSA) is 55.9 Å². The van der Waals surface area contributed by atoms with Crippen LogP contribution in [0.1, 0.15) is 11.9 Å². The Morgan fingerprint density at radius 3 is 2.67 bits per heavy atom. The van der Waals surface area contributed by atoms with E-state index in [0.29, 0.717) is 0 Å². The molecule has 1 heterocycles.